The highest BCUT2D eigenvalue weighted by molar-refractivity contribution is 7.90. The van der Waals surface area contributed by atoms with Crippen molar-refractivity contribution in [1.29, 1.82) is 0 Å². The van der Waals surface area contributed by atoms with Crippen molar-refractivity contribution in [1.82, 2.24) is 0 Å². The third-order valence-corrected chi connectivity index (χ3v) is 4.61. The molecule has 0 N–H and O–H groups in total. The minimum atomic E-state index is -3.13. The zero-order valence-electron chi connectivity index (χ0n) is 11.9. The van der Waals surface area contributed by atoms with Crippen molar-refractivity contribution in [3.05, 3.63) is 65.7 Å². The van der Waals surface area contributed by atoms with Crippen LogP contribution < -0.4 is 0 Å². The Balaban J connectivity index is 2.41. The van der Waals surface area contributed by atoms with Crippen LogP contribution in [0, 0.1) is 0 Å². The average Bonchev–Trinajstić information content (AvgIpc) is 2.46. The van der Waals surface area contributed by atoms with E-state index in [2.05, 4.69) is 26.0 Å². The van der Waals surface area contributed by atoms with Crippen molar-refractivity contribution in [2.45, 2.75) is 18.7 Å². The quantitative estimate of drug-likeness (QED) is 0.798. The summed E-state index contributed by atoms with van der Waals surface area (Å²) < 4.78 is 22.9. The first kappa shape index (κ1) is 14.5. The molecule has 0 saturated carbocycles. The topological polar surface area (TPSA) is 34.1 Å². The van der Waals surface area contributed by atoms with E-state index in [1.54, 1.807) is 12.1 Å². The lowest BCUT2D eigenvalue weighted by molar-refractivity contribution is 0.602. The lowest BCUT2D eigenvalue weighted by Gasteiger charge is -2.09. The summed E-state index contributed by atoms with van der Waals surface area (Å²) in [6.07, 6.45) is 1.22. The third kappa shape index (κ3) is 3.17. The fourth-order valence-electron chi connectivity index (χ4n) is 2.07. The number of allylic oxidation sites excluding steroid dienone is 2. The number of sulfone groups is 1. The molecule has 0 saturated heterocycles. The van der Waals surface area contributed by atoms with E-state index in [1.807, 2.05) is 30.3 Å². The molecule has 3 heteroatoms. The van der Waals surface area contributed by atoms with E-state index in [0.717, 1.165) is 11.1 Å². The van der Waals surface area contributed by atoms with Crippen molar-refractivity contribution < 1.29 is 8.42 Å². The maximum atomic E-state index is 11.5. The van der Waals surface area contributed by atoms with Gasteiger partial charge in [0.2, 0.25) is 0 Å². The second-order valence-electron chi connectivity index (χ2n) is 4.91. The van der Waals surface area contributed by atoms with E-state index in [1.165, 1.54) is 17.4 Å². The van der Waals surface area contributed by atoms with Gasteiger partial charge in [0.05, 0.1) is 4.90 Å². The molecule has 20 heavy (non-hydrogen) atoms. The van der Waals surface area contributed by atoms with Gasteiger partial charge in [-0.1, -0.05) is 42.5 Å². The van der Waals surface area contributed by atoms with Crippen LogP contribution in [0.4, 0.5) is 0 Å². The number of hydrogen-bond acceptors (Lipinski definition) is 2. The van der Waals surface area contributed by atoms with E-state index in [-0.39, 0.29) is 0 Å². The summed E-state index contributed by atoms with van der Waals surface area (Å²) in [5.74, 6) is 0. The first-order chi connectivity index (χ1) is 9.39. The first-order valence-electron chi connectivity index (χ1n) is 6.43. The van der Waals surface area contributed by atoms with Crippen molar-refractivity contribution >= 4 is 21.0 Å². The van der Waals surface area contributed by atoms with Crippen LogP contribution in [-0.4, -0.2) is 14.7 Å². The molecule has 0 aliphatic heterocycles. The molecule has 0 atom stereocenters. The number of hydrogen-bond donors (Lipinski definition) is 0. The molecule has 2 aromatic carbocycles. The standard InChI is InChI=1S/C17H18O2S/c1-13(15-7-5-4-6-8-15)14(2)16-9-11-17(12-10-16)20(3,18)19/h4-12H,1-3H3/b14-13+. The molecule has 0 bridgehead atoms. The minimum absolute atomic E-state index is 0.353. The summed E-state index contributed by atoms with van der Waals surface area (Å²) in [6.45, 7) is 4.13. The van der Waals surface area contributed by atoms with Crippen LogP contribution in [0.25, 0.3) is 11.1 Å². The third-order valence-electron chi connectivity index (χ3n) is 3.48. The molecule has 0 aliphatic carbocycles. The Morgan fingerprint density at radius 3 is 1.65 bits per heavy atom. The summed E-state index contributed by atoms with van der Waals surface area (Å²) in [6, 6.07) is 17.2. The maximum Gasteiger partial charge on any atom is 0.175 e. The van der Waals surface area contributed by atoms with Crippen LogP contribution in [0.2, 0.25) is 0 Å². The minimum Gasteiger partial charge on any atom is -0.224 e. The molecule has 2 aromatic rings. The molecular formula is C17H18O2S. The summed E-state index contributed by atoms with van der Waals surface area (Å²) >= 11 is 0. The van der Waals surface area contributed by atoms with Crippen LogP contribution in [-0.2, 0) is 9.84 Å². The van der Waals surface area contributed by atoms with Crippen LogP contribution in [0.15, 0.2) is 59.5 Å². The Morgan fingerprint density at radius 2 is 1.20 bits per heavy atom. The van der Waals surface area contributed by atoms with Gasteiger partial charge in [0.15, 0.2) is 9.84 Å². The zero-order chi connectivity index (χ0) is 14.8. The number of rotatable bonds is 3. The highest BCUT2D eigenvalue weighted by Gasteiger charge is 2.08. The van der Waals surface area contributed by atoms with Gasteiger partial charge in [0.25, 0.3) is 0 Å². The molecule has 0 fully saturated rings. The molecular weight excluding hydrogens is 268 g/mol. The van der Waals surface area contributed by atoms with Gasteiger partial charge in [-0.05, 0) is 48.3 Å². The van der Waals surface area contributed by atoms with Gasteiger partial charge in [-0.2, -0.15) is 0 Å². The molecule has 0 amide bonds. The van der Waals surface area contributed by atoms with E-state index >= 15 is 0 Å². The SMILES string of the molecule is C/C(=C(/C)c1ccc(S(C)(=O)=O)cc1)c1ccccc1. The van der Waals surface area contributed by atoms with Gasteiger partial charge in [-0.3, -0.25) is 0 Å². The molecule has 0 aromatic heterocycles. The van der Waals surface area contributed by atoms with Crippen molar-refractivity contribution in [3.63, 3.8) is 0 Å². The van der Waals surface area contributed by atoms with Crippen LogP contribution in [0.5, 0.6) is 0 Å². The smallest absolute Gasteiger partial charge is 0.175 e. The molecule has 0 radical (unpaired) electrons. The predicted octanol–water partition coefficient (Wildman–Crippen LogP) is 4.04. The fourth-order valence-corrected chi connectivity index (χ4v) is 2.70. The second kappa shape index (κ2) is 5.63. The molecule has 2 rings (SSSR count). The fraction of sp³-hybridized carbons (Fsp3) is 0.176. The number of benzene rings is 2. The summed E-state index contributed by atoms with van der Waals surface area (Å²) in [5, 5.41) is 0. The first-order valence-corrected chi connectivity index (χ1v) is 8.32. The van der Waals surface area contributed by atoms with E-state index < -0.39 is 9.84 Å². The maximum absolute atomic E-state index is 11.5. The highest BCUT2D eigenvalue weighted by atomic mass is 32.2. The van der Waals surface area contributed by atoms with Crippen LogP contribution in [0.1, 0.15) is 25.0 Å². The van der Waals surface area contributed by atoms with Crippen molar-refractivity contribution in [3.8, 4) is 0 Å². The summed E-state index contributed by atoms with van der Waals surface area (Å²) in [5.41, 5.74) is 4.56. The normalized spacial score (nSPS) is 12.9. The summed E-state index contributed by atoms with van der Waals surface area (Å²) in [7, 11) is -3.13. The largest absolute Gasteiger partial charge is 0.224 e. The Kier molecular flexibility index (Phi) is 4.09. The van der Waals surface area contributed by atoms with Crippen molar-refractivity contribution in [2.24, 2.45) is 0 Å². The Hall–Kier alpha value is -1.87. The average molecular weight is 286 g/mol. The van der Waals surface area contributed by atoms with Crippen molar-refractivity contribution in [2.75, 3.05) is 6.26 Å². The Labute approximate surface area is 120 Å². The monoisotopic (exact) mass is 286 g/mol. The predicted molar refractivity (Wildman–Crippen MR) is 84.2 cm³/mol. The van der Waals surface area contributed by atoms with Gasteiger partial charge in [-0.15, -0.1) is 0 Å². The second-order valence-corrected chi connectivity index (χ2v) is 6.93. The van der Waals surface area contributed by atoms with E-state index in [9.17, 15) is 8.42 Å². The molecule has 0 heterocycles. The zero-order valence-corrected chi connectivity index (χ0v) is 12.7. The van der Waals surface area contributed by atoms with Gasteiger partial charge >= 0.3 is 0 Å². The van der Waals surface area contributed by atoms with Gasteiger partial charge in [0.1, 0.15) is 0 Å². The lowest BCUT2D eigenvalue weighted by atomic mass is 9.97. The Bertz CT molecular complexity index is 724. The lowest BCUT2D eigenvalue weighted by Crippen LogP contribution is -1.96. The van der Waals surface area contributed by atoms with Crippen LogP contribution in [0.3, 0.4) is 0 Å². The Morgan fingerprint density at radius 1 is 0.750 bits per heavy atom. The molecule has 2 nitrogen and oxygen atoms in total. The molecule has 0 spiro atoms. The van der Waals surface area contributed by atoms with Gasteiger partial charge < -0.3 is 0 Å². The molecule has 104 valence electrons. The summed E-state index contributed by atoms with van der Waals surface area (Å²) in [4.78, 5) is 0.353. The molecule has 0 unspecified atom stereocenters. The van der Waals surface area contributed by atoms with Gasteiger partial charge in [-0.25, -0.2) is 8.42 Å². The highest BCUT2D eigenvalue weighted by Crippen LogP contribution is 2.26. The van der Waals surface area contributed by atoms with E-state index in [4.69, 9.17) is 0 Å². The molecule has 0 aliphatic rings. The van der Waals surface area contributed by atoms with Crippen LogP contribution >= 0.6 is 0 Å². The van der Waals surface area contributed by atoms with Gasteiger partial charge in [0, 0.05) is 6.26 Å². The van der Waals surface area contributed by atoms with E-state index in [0.29, 0.717) is 4.90 Å².